The molecule has 2 aliphatic heterocycles. The van der Waals surface area contributed by atoms with E-state index in [2.05, 4.69) is 158 Å². The van der Waals surface area contributed by atoms with Gasteiger partial charge in [0, 0.05) is 45.4 Å². The van der Waals surface area contributed by atoms with Crippen molar-refractivity contribution in [1.29, 1.82) is 0 Å². The summed E-state index contributed by atoms with van der Waals surface area (Å²) in [6, 6.07) is 44.0. The molecule has 0 unspecified atom stereocenters. The summed E-state index contributed by atoms with van der Waals surface area (Å²) in [5.74, 6) is 1.96. The monoisotopic (exact) mass is 676 g/mol. The first-order valence-electron chi connectivity index (χ1n) is 16.7. The second-order valence-corrected chi connectivity index (χ2v) is 14.4. The molecule has 0 spiro atoms. The lowest BCUT2D eigenvalue weighted by Crippen LogP contribution is -2.35. The number of hydrogen-bond donors (Lipinski definition) is 2. The van der Waals surface area contributed by atoms with Crippen LogP contribution in [0.1, 0.15) is 44.5 Å². The van der Waals surface area contributed by atoms with Gasteiger partial charge in [-0.2, -0.15) is 0 Å². The minimum absolute atomic E-state index is 0.498. The summed E-state index contributed by atoms with van der Waals surface area (Å²) in [4.78, 5) is 6.44. The predicted molar refractivity (Wildman–Crippen MR) is 204 cm³/mol. The van der Waals surface area contributed by atoms with E-state index in [1.807, 2.05) is 12.1 Å². The lowest BCUT2D eigenvalue weighted by molar-refractivity contribution is 0.286. The van der Waals surface area contributed by atoms with Gasteiger partial charge < -0.3 is 19.3 Å². The summed E-state index contributed by atoms with van der Waals surface area (Å²) >= 11 is 9.23. The van der Waals surface area contributed by atoms with Crippen molar-refractivity contribution in [1.82, 2.24) is 0 Å². The summed E-state index contributed by atoms with van der Waals surface area (Å²) in [6.07, 6.45) is 0. The number of hydrogen-bond acceptors (Lipinski definition) is 6. The number of rotatable bonds is 4. The first-order valence-corrected chi connectivity index (χ1v) is 17.6. The van der Waals surface area contributed by atoms with E-state index in [1.54, 1.807) is 0 Å². The highest BCUT2D eigenvalue weighted by molar-refractivity contribution is 7.80. The molecule has 0 saturated carbocycles. The van der Waals surface area contributed by atoms with Crippen LogP contribution in [-0.2, 0) is 18.5 Å². The zero-order valence-corrected chi connectivity index (χ0v) is 29.3. The molecule has 4 nitrogen and oxygen atoms in total. The zero-order chi connectivity index (χ0) is 33.3. The summed E-state index contributed by atoms with van der Waals surface area (Å²) in [6.45, 7) is 6.86. The maximum atomic E-state index is 6.49. The van der Waals surface area contributed by atoms with Gasteiger partial charge in [-0.05, 0) is 107 Å². The van der Waals surface area contributed by atoms with Crippen LogP contribution in [-0.4, -0.2) is 13.5 Å². The maximum absolute atomic E-state index is 6.49. The number of thiol groups is 2. The molecule has 0 amide bonds. The van der Waals surface area contributed by atoms with Gasteiger partial charge in [0.05, 0.1) is 5.41 Å². The fraction of sp³-hybridized carbons (Fsp3) is 0.163. The second-order valence-electron chi connectivity index (χ2n) is 13.4. The molecule has 3 aliphatic rings. The van der Waals surface area contributed by atoms with Gasteiger partial charge >= 0.3 is 0 Å². The zero-order valence-electron chi connectivity index (χ0n) is 27.5. The molecular formula is C43H36N2O2S2. The van der Waals surface area contributed by atoms with E-state index in [0.29, 0.717) is 13.5 Å². The molecule has 0 aromatic heterocycles. The van der Waals surface area contributed by atoms with E-state index in [1.165, 1.54) is 44.5 Å². The molecule has 6 aromatic carbocycles. The Labute approximate surface area is 298 Å². The molecule has 9 rings (SSSR count). The first-order chi connectivity index (χ1) is 23.9. The highest BCUT2D eigenvalue weighted by Crippen LogP contribution is 2.57. The van der Waals surface area contributed by atoms with Gasteiger partial charge in [-0.1, -0.05) is 72.8 Å². The normalized spacial score (nSPS) is 15.4. The van der Waals surface area contributed by atoms with Crippen LogP contribution in [0.25, 0.3) is 11.1 Å². The number of fused-ring (bicyclic) bond motifs is 5. The summed E-state index contributed by atoms with van der Waals surface area (Å²) < 4.78 is 13.0. The third-order valence-electron chi connectivity index (χ3n) is 10.4. The Morgan fingerprint density at radius 2 is 0.980 bits per heavy atom. The molecule has 0 saturated heterocycles. The highest BCUT2D eigenvalue weighted by atomic mass is 32.1. The van der Waals surface area contributed by atoms with Crippen molar-refractivity contribution in [3.63, 3.8) is 0 Å². The average molecular weight is 677 g/mol. The number of aryl methyl sites for hydroxylation is 2. The molecule has 1 aliphatic carbocycles. The molecule has 2 heterocycles. The van der Waals surface area contributed by atoms with Gasteiger partial charge in [-0.25, -0.2) is 0 Å². The first kappa shape index (κ1) is 30.3. The van der Waals surface area contributed by atoms with Gasteiger partial charge in [0.2, 0.25) is 0 Å². The molecule has 6 aromatic rings. The van der Waals surface area contributed by atoms with Crippen LogP contribution in [0.15, 0.2) is 131 Å². The van der Waals surface area contributed by atoms with E-state index in [9.17, 15) is 0 Å². The summed E-state index contributed by atoms with van der Waals surface area (Å²) in [5.41, 5.74) is 13.9. The summed E-state index contributed by atoms with van der Waals surface area (Å²) in [7, 11) is 0. The summed E-state index contributed by atoms with van der Waals surface area (Å²) in [5, 5.41) is 0. The predicted octanol–water partition coefficient (Wildman–Crippen LogP) is 9.96. The van der Waals surface area contributed by atoms with E-state index in [0.717, 1.165) is 56.9 Å². The number of nitrogens with zero attached hydrogens (tertiary/aromatic N) is 2. The molecule has 49 heavy (non-hydrogen) atoms. The van der Waals surface area contributed by atoms with Crippen LogP contribution in [0.2, 0.25) is 0 Å². The molecule has 0 bridgehead atoms. The van der Waals surface area contributed by atoms with E-state index in [-0.39, 0.29) is 0 Å². The van der Waals surface area contributed by atoms with Crippen LogP contribution in [0.4, 0.5) is 11.4 Å². The molecular weight excluding hydrogens is 641 g/mol. The number of anilines is 2. The second kappa shape index (κ2) is 11.7. The fourth-order valence-corrected chi connectivity index (χ4v) is 8.73. The van der Waals surface area contributed by atoms with Crippen molar-refractivity contribution in [2.75, 3.05) is 23.3 Å². The van der Waals surface area contributed by atoms with Crippen LogP contribution in [0, 0.1) is 13.8 Å². The van der Waals surface area contributed by atoms with Crippen molar-refractivity contribution >= 4 is 36.6 Å². The third kappa shape index (κ3) is 4.84. The number of benzene rings is 6. The SMILES string of the molecule is Cc1cc(C2(c3cc(C)c4c(c3)CN(c3cccc(S)c3)CO4)c3ccccc3-c3ccccc32)cc2c1OCN(c1cccc(S)c1)C2. The lowest BCUT2D eigenvalue weighted by Gasteiger charge is -2.38. The molecule has 0 atom stereocenters. The van der Waals surface area contributed by atoms with Crippen LogP contribution < -0.4 is 19.3 Å². The van der Waals surface area contributed by atoms with Crippen LogP contribution >= 0.6 is 25.3 Å². The Morgan fingerprint density at radius 1 is 0.531 bits per heavy atom. The molecule has 6 heteroatoms. The van der Waals surface area contributed by atoms with Gasteiger partial charge in [-0.15, -0.1) is 25.3 Å². The Balaban J connectivity index is 1.25. The maximum Gasteiger partial charge on any atom is 0.161 e. The number of ether oxygens (including phenoxy) is 2. The smallest absolute Gasteiger partial charge is 0.161 e. The van der Waals surface area contributed by atoms with Crippen molar-refractivity contribution in [2.45, 2.75) is 42.1 Å². The molecule has 0 radical (unpaired) electrons. The van der Waals surface area contributed by atoms with Crippen molar-refractivity contribution in [3.05, 3.63) is 166 Å². The minimum Gasteiger partial charge on any atom is -0.472 e. The van der Waals surface area contributed by atoms with Crippen molar-refractivity contribution in [3.8, 4) is 22.6 Å². The third-order valence-corrected chi connectivity index (χ3v) is 10.9. The largest absolute Gasteiger partial charge is 0.472 e. The molecule has 0 fully saturated rings. The van der Waals surface area contributed by atoms with E-state index < -0.39 is 5.41 Å². The Bertz CT molecular complexity index is 2120. The molecule has 0 N–H and O–H groups in total. The fourth-order valence-electron chi connectivity index (χ4n) is 8.30. The van der Waals surface area contributed by atoms with Crippen molar-refractivity contribution < 1.29 is 9.47 Å². The highest BCUT2D eigenvalue weighted by Gasteiger charge is 2.47. The minimum atomic E-state index is -0.548. The van der Waals surface area contributed by atoms with Crippen LogP contribution in [0.5, 0.6) is 11.5 Å². The van der Waals surface area contributed by atoms with Gasteiger partial charge in [-0.3, -0.25) is 0 Å². The Morgan fingerprint density at radius 3 is 1.43 bits per heavy atom. The topological polar surface area (TPSA) is 24.9 Å². The quantitative estimate of drug-likeness (QED) is 0.181. The van der Waals surface area contributed by atoms with E-state index in [4.69, 9.17) is 9.47 Å². The van der Waals surface area contributed by atoms with Gasteiger partial charge in [0.1, 0.15) is 11.5 Å². The Kier molecular flexibility index (Phi) is 7.22. The van der Waals surface area contributed by atoms with Gasteiger partial charge in [0.25, 0.3) is 0 Å². The average Bonchev–Trinajstić information content (AvgIpc) is 3.42. The van der Waals surface area contributed by atoms with Crippen LogP contribution in [0.3, 0.4) is 0 Å². The van der Waals surface area contributed by atoms with E-state index >= 15 is 0 Å². The Hall–Kier alpha value is -4.78. The van der Waals surface area contributed by atoms with Crippen molar-refractivity contribution in [2.24, 2.45) is 0 Å². The van der Waals surface area contributed by atoms with Gasteiger partial charge in [0.15, 0.2) is 13.5 Å². The standard InChI is InChI=1S/C43H36N2O2S2/c1-27-17-31(19-29-23-44(25-46-41(27)29)33-9-7-11-35(48)21-33)43(39-15-5-3-13-37(39)38-14-4-6-16-40(38)43)32-18-28(2)42-30(20-32)24-45(26-47-42)34-10-8-12-36(49)22-34/h3-22,48-49H,23-26H2,1-2H3. The lowest BCUT2D eigenvalue weighted by atomic mass is 9.66. The molecule has 242 valence electrons.